The first kappa shape index (κ1) is 39.4. The molecule has 6 heteroatoms. The van der Waals surface area contributed by atoms with Crippen molar-refractivity contribution >= 4 is 39.9 Å². The van der Waals surface area contributed by atoms with Crippen LogP contribution in [0.25, 0.3) is 0 Å². The molecule has 7 aromatic carbocycles. The smallest absolute Gasteiger partial charge is 0.193 e. The highest BCUT2D eigenvalue weighted by Gasteiger charge is 2.24. The van der Waals surface area contributed by atoms with Gasteiger partial charge in [0.25, 0.3) is 0 Å². The number of ether oxygens (including phenoxy) is 2. The largest absolute Gasteiger partial charge is 0.508 e. The minimum Gasteiger partial charge on any atom is -0.508 e. The Morgan fingerprint density at radius 1 is 0.500 bits per heavy atom. The fraction of sp³-hybridized carbons (Fsp3) is 0.173. The van der Waals surface area contributed by atoms with Gasteiger partial charge < -0.3 is 24.4 Å². The van der Waals surface area contributed by atoms with Crippen molar-refractivity contribution in [1.82, 2.24) is 0 Å². The number of carbonyl (C=O) groups is 1. The molecule has 0 heterocycles. The highest BCUT2D eigenvalue weighted by Crippen LogP contribution is 2.40. The molecule has 0 aromatic heterocycles. The van der Waals surface area contributed by atoms with Crippen LogP contribution < -0.4 is 19.3 Å². The fourth-order valence-electron chi connectivity index (χ4n) is 7.05. The van der Waals surface area contributed by atoms with E-state index in [2.05, 4.69) is 116 Å². The third-order valence-electron chi connectivity index (χ3n) is 10.5. The number of nitrogens with zero attached hydrogens (tertiary/aromatic N) is 2. The molecule has 0 saturated carbocycles. The summed E-state index contributed by atoms with van der Waals surface area (Å²) in [6, 6.07) is 59.2. The molecule has 7 rings (SSSR count). The summed E-state index contributed by atoms with van der Waals surface area (Å²) in [6.45, 7) is 6.67. The minimum atomic E-state index is -0.185. The van der Waals surface area contributed by atoms with Crippen LogP contribution in [0.1, 0.15) is 68.8 Å². The van der Waals surface area contributed by atoms with Gasteiger partial charge in [0.05, 0.1) is 0 Å². The molecule has 58 heavy (non-hydrogen) atoms. The van der Waals surface area contributed by atoms with Gasteiger partial charge in [-0.1, -0.05) is 63.1 Å². The number of unbranched alkanes of at least 4 members (excludes halogenated alkanes) is 2. The second-order valence-corrected chi connectivity index (χ2v) is 14.7. The zero-order chi connectivity index (χ0) is 40.3. The van der Waals surface area contributed by atoms with E-state index in [1.807, 2.05) is 48.5 Å². The van der Waals surface area contributed by atoms with Gasteiger partial charge in [-0.3, -0.25) is 4.79 Å². The Kier molecular flexibility index (Phi) is 12.5. The maximum Gasteiger partial charge on any atom is 0.193 e. The molecule has 0 radical (unpaired) electrons. The second kappa shape index (κ2) is 18.4. The number of anilines is 6. The summed E-state index contributed by atoms with van der Waals surface area (Å²) in [4.78, 5) is 17.4. The predicted molar refractivity (Wildman–Crippen MR) is 237 cm³/mol. The Morgan fingerprint density at radius 2 is 0.879 bits per heavy atom. The Morgan fingerprint density at radius 3 is 1.31 bits per heavy atom. The van der Waals surface area contributed by atoms with Gasteiger partial charge in [0.2, 0.25) is 0 Å². The lowest BCUT2D eigenvalue weighted by Crippen LogP contribution is -2.31. The first-order chi connectivity index (χ1) is 28.3. The molecule has 0 aliphatic heterocycles. The normalized spacial score (nSPS) is 12.0. The Hall–Kier alpha value is -6.79. The van der Waals surface area contributed by atoms with Crippen molar-refractivity contribution in [1.29, 1.82) is 0 Å². The summed E-state index contributed by atoms with van der Waals surface area (Å²) in [6.07, 6.45) is 5.60. The third-order valence-corrected chi connectivity index (χ3v) is 10.5. The monoisotopic (exact) mass is 766 g/mol. The molecule has 1 atom stereocenters. The summed E-state index contributed by atoms with van der Waals surface area (Å²) in [5.74, 6) is 2.19. The number of ketones is 1. The van der Waals surface area contributed by atoms with Gasteiger partial charge in [-0.05, 0) is 172 Å². The summed E-state index contributed by atoms with van der Waals surface area (Å²) in [7, 11) is 0. The number of para-hydroxylation sites is 2. The Labute approximate surface area is 342 Å². The average molecular weight is 767 g/mol. The van der Waals surface area contributed by atoms with Crippen molar-refractivity contribution in [2.45, 2.75) is 58.5 Å². The zero-order valence-corrected chi connectivity index (χ0v) is 33.4. The van der Waals surface area contributed by atoms with Crippen molar-refractivity contribution in [2.75, 3.05) is 9.80 Å². The first-order valence-corrected chi connectivity index (χ1v) is 20.1. The first-order valence-electron chi connectivity index (χ1n) is 20.1. The zero-order valence-electron chi connectivity index (χ0n) is 33.4. The number of carbonyl (C=O) groups excluding carboxylic acids is 1. The van der Waals surface area contributed by atoms with Crippen LogP contribution in [0.5, 0.6) is 23.0 Å². The number of phenolic OH excluding ortho intramolecular Hbond substituents is 1. The number of benzene rings is 7. The number of rotatable bonds is 17. The van der Waals surface area contributed by atoms with Crippen molar-refractivity contribution in [3.63, 3.8) is 0 Å². The molecular weight excluding hydrogens is 717 g/mol. The molecule has 6 nitrogen and oxygen atoms in total. The summed E-state index contributed by atoms with van der Waals surface area (Å²) >= 11 is 0. The fourth-order valence-corrected chi connectivity index (χ4v) is 7.05. The van der Waals surface area contributed by atoms with Gasteiger partial charge in [-0.25, -0.2) is 0 Å². The average Bonchev–Trinajstić information content (AvgIpc) is 3.27. The lowest BCUT2D eigenvalue weighted by molar-refractivity contribution is 0.0720. The summed E-state index contributed by atoms with van der Waals surface area (Å²) in [5, 5.41) is 9.57. The molecule has 0 spiro atoms. The molecule has 0 amide bonds. The van der Waals surface area contributed by atoms with E-state index in [4.69, 9.17) is 9.47 Å². The molecular formula is C52H50N2O4. The Balaban J connectivity index is 1.11. The van der Waals surface area contributed by atoms with Crippen molar-refractivity contribution < 1.29 is 19.4 Å². The van der Waals surface area contributed by atoms with Crippen LogP contribution in [0.4, 0.5) is 34.1 Å². The predicted octanol–water partition coefficient (Wildman–Crippen LogP) is 14.5. The lowest BCUT2D eigenvalue weighted by atomic mass is 9.95. The Bertz CT molecular complexity index is 2350. The highest BCUT2D eigenvalue weighted by molar-refractivity contribution is 6.09. The van der Waals surface area contributed by atoms with E-state index < -0.39 is 0 Å². The lowest BCUT2D eigenvalue weighted by Gasteiger charge is -2.31. The molecule has 1 unspecified atom stereocenters. The number of aromatic hydroxyl groups is 1. The van der Waals surface area contributed by atoms with Gasteiger partial charge in [0.1, 0.15) is 28.6 Å². The molecule has 0 bridgehead atoms. The van der Waals surface area contributed by atoms with Gasteiger partial charge in [-0.2, -0.15) is 0 Å². The molecule has 0 saturated heterocycles. The number of phenols is 1. The SMILES string of the molecule is CCCCCC(C)(CC)Oc1ccc(N(c2ccccc2)c2ccc(N(c3ccccc3)c3ccc(Oc4ccc(C(=O)c5ccc(O)cc5)cc4)cc3)cc2)cc1. The molecule has 1 N–H and O–H groups in total. The van der Waals surface area contributed by atoms with Gasteiger partial charge >= 0.3 is 0 Å². The number of hydrogen-bond acceptors (Lipinski definition) is 6. The number of hydrogen-bond donors (Lipinski definition) is 1. The minimum absolute atomic E-state index is 0.120. The molecule has 7 aromatic rings. The maximum absolute atomic E-state index is 12.9. The summed E-state index contributed by atoms with van der Waals surface area (Å²) in [5.41, 5.74) is 7.03. The second-order valence-electron chi connectivity index (χ2n) is 14.7. The summed E-state index contributed by atoms with van der Waals surface area (Å²) < 4.78 is 12.8. The maximum atomic E-state index is 12.9. The van der Waals surface area contributed by atoms with E-state index in [0.29, 0.717) is 22.6 Å². The van der Waals surface area contributed by atoms with Crippen LogP contribution in [-0.4, -0.2) is 16.5 Å². The van der Waals surface area contributed by atoms with E-state index in [-0.39, 0.29) is 17.1 Å². The van der Waals surface area contributed by atoms with Crippen LogP contribution in [0.15, 0.2) is 182 Å². The van der Waals surface area contributed by atoms with Gasteiger partial charge in [-0.15, -0.1) is 0 Å². The van der Waals surface area contributed by atoms with Crippen molar-refractivity contribution in [3.05, 3.63) is 193 Å². The van der Waals surface area contributed by atoms with E-state index >= 15 is 0 Å². The van der Waals surface area contributed by atoms with E-state index in [9.17, 15) is 9.90 Å². The van der Waals surface area contributed by atoms with Crippen LogP contribution >= 0.6 is 0 Å². The van der Waals surface area contributed by atoms with E-state index in [1.54, 1.807) is 36.4 Å². The van der Waals surface area contributed by atoms with Crippen molar-refractivity contribution in [3.8, 4) is 23.0 Å². The third kappa shape index (κ3) is 9.59. The van der Waals surface area contributed by atoms with Crippen LogP contribution in [0, 0.1) is 0 Å². The molecule has 292 valence electrons. The molecule has 0 aliphatic rings. The topological polar surface area (TPSA) is 62.2 Å². The van der Waals surface area contributed by atoms with Crippen LogP contribution in [-0.2, 0) is 0 Å². The van der Waals surface area contributed by atoms with Crippen molar-refractivity contribution in [2.24, 2.45) is 0 Å². The van der Waals surface area contributed by atoms with Gasteiger partial charge in [0.15, 0.2) is 5.78 Å². The van der Waals surface area contributed by atoms with Crippen LogP contribution in [0.2, 0.25) is 0 Å². The standard InChI is InChI=1S/C52H50N2O4/c1-4-6-13-38-52(3,5-2)58-50-36-28-46(29-37-50)54(42-16-11-8-12-17-42)44-24-22-43(23-25-44)53(41-14-9-7-10-15-41)45-26-34-49(35-27-45)57-48-32-20-40(21-33-48)51(56)39-18-30-47(55)31-19-39/h7-12,14-37,55H,4-6,13,38H2,1-3H3. The molecule has 0 aliphatic carbocycles. The van der Waals surface area contributed by atoms with Crippen LogP contribution in [0.3, 0.4) is 0 Å². The van der Waals surface area contributed by atoms with E-state index in [0.717, 1.165) is 52.7 Å². The van der Waals surface area contributed by atoms with Gasteiger partial charge in [0, 0.05) is 45.3 Å². The van der Waals surface area contributed by atoms with E-state index in [1.165, 1.54) is 31.4 Å². The molecule has 0 fully saturated rings. The quantitative estimate of drug-likeness (QED) is 0.0736. The highest BCUT2D eigenvalue weighted by atomic mass is 16.5.